The third-order valence-electron chi connectivity index (χ3n) is 4.60. The molecule has 0 aromatic carbocycles. The van der Waals surface area contributed by atoms with Gasteiger partial charge in [0.2, 0.25) is 0 Å². The molecule has 1 aliphatic heterocycles. The zero-order valence-electron chi connectivity index (χ0n) is 48.8. The first-order valence-electron chi connectivity index (χ1n) is 22.0. The Labute approximate surface area is 492 Å². The van der Waals surface area contributed by atoms with Crippen LogP contribution in [0.4, 0.5) is 0 Å². The SMILES string of the molecule is C1CCOC1.C=C.CC(C)(C)N=N[N-]C(C)(C)C.CC(C)(C)[N-]N[N-]C(C)(C)C.CC(C)(C)[N-]N[N-]C(C)(C)C.CC(C)(C)[N-]N[N-]C(C)(C)C.CC(C)(C)[N-]N[N-]C(C)(C)C.[Ag].[Ag].[Ag].[Ag].[Li+]. The van der Waals surface area contributed by atoms with Crippen molar-refractivity contribution in [1.29, 1.82) is 0 Å². The summed E-state index contributed by atoms with van der Waals surface area (Å²) in [5, 5.41) is 7.76. The quantitative estimate of drug-likeness (QED) is 0.0766. The van der Waals surface area contributed by atoms with Crippen LogP contribution in [0.3, 0.4) is 0 Å². The molecule has 4 radical (unpaired) electrons. The molecule has 1 heterocycles. The molecule has 0 saturated carbocycles. The van der Waals surface area contributed by atoms with Crippen LogP contribution in [0.15, 0.2) is 23.5 Å². The molecule has 4 N–H and O–H groups in total. The predicted molar refractivity (Wildman–Crippen MR) is 276 cm³/mol. The summed E-state index contributed by atoms with van der Waals surface area (Å²) in [6, 6.07) is 0. The van der Waals surface area contributed by atoms with Crippen LogP contribution in [-0.2, 0) is 94.3 Å². The van der Waals surface area contributed by atoms with Gasteiger partial charge in [-0.1, -0.05) is 208 Å². The molecule has 1 saturated heterocycles. The van der Waals surface area contributed by atoms with Crippen molar-refractivity contribution in [1.82, 2.24) is 22.1 Å². The molecule has 424 valence electrons. The number of nitrogens with one attached hydrogen (secondary N) is 4. The first-order chi connectivity index (χ1) is 27.0. The van der Waals surface area contributed by atoms with E-state index < -0.39 is 0 Å². The number of nitrogens with zero attached hydrogens (tertiary/aromatic N) is 11. The Kier molecular flexibility index (Phi) is 64.6. The van der Waals surface area contributed by atoms with Crippen LogP contribution in [0.5, 0.6) is 0 Å². The van der Waals surface area contributed by atoms with Gasteiger partial charge >= 0.3 is 18.9 Å². The van der Waals surface area contributed by atoms with Crippen molar-refractivity contribution in [3.63, 3.8) is 0 Å². The topological polar surface area (TPSA) is 209 Å². The Hall–Kier alpha value is 2.18. The zero-order valence-corrected chi connectivity index (χ0v) is 54.7. The average molecular weight is 1320 g/mol. The molecule has 16 nitrogen and oxygen atoms in total. The summed E-state index contributed by atoms with van der Waals surface area (Å²) >= 11 is 0. The molecule has 67 heavy (non-hydrogen) atoms. The summed E-state index contributed by atoms with van der Waals surface area (Å²) in [4.78, 5) is 0. The van der Waals surface area contributed by atoms with Gasteiger partial charge in [-0.15, -0.1) is 57.5 Å². The fourth-order valence-corrected chi connectivity index (χ4v) is 2.10. The Morgan fingerprint density at radius 2 is 0.493 bits per heavy atom. The van der Waals surface area contributed by atoms with Crippen LogP contribution < -0.4 is 41.0 Å². The second-order valence-electron chi connectivity index (χ2n) is 24.6. The molecule has 0 atom stereocenters. The molecule has 1 aliphatic rings. The smallest absolute Gasteiger partial charge is 0.612 e. The van der Waals surface area contributed by atoms with Gasteiger partial charge in [-0.2, -0.15) is 0 Å². The van der Waals surface area contributed by atoms with Gasteiger partial charge < -0.3 is 80.8 Å². The molecule has 21 heteroatoms. The van der Waals surface area contributed by atoms with Crippen molar-refractivity contribution in [2.75, 3.05) is 13.2 Å². The predicted octanol–water partition coefficient (Wildman–Crippen LogP) is 12.9. The van der Waals surface area contributed by atoms with Crippen LogP contribution in [0.1, 0.15) is 221 Å². The second-order valence-corrected chi connectivity index (χ2v) is 24.6. The Morgan fingerprint density at radius 1 is 0.328 bits per heavy atom. The van der Waals surface area contributed by atoms with E-state index >= 15 is 0 Å². The van der Waals surface area contributed by atoms with Gasteiger partial charge in [0.15, 0.2) is 0 Å². The second kappa shape index (κ2) is 45.6. The van der Waals surface area contributed by atoms with Crippen molar-refractivity contribution >= 4 is 0 Å². The van der Waals surface area contributed by atoms with E-state index in [-0.39, 0.29) is 164 Å². The van der Waals surface area contributed by atoms with Gasteiger partial charge in [-0.25, -0.2) is 0 Å². The van der Waals surface area contributed by atoms with Gasteiger partial charge in [-0.3, -0.25) is 5.22 Å². The molecule has 1 rings (SSSR count). The fraction of sp³-hybridized carbons (Fsp3) is 0.957. The molecular formula is C46H106Ag4LiN15O-8. The largest absolute Gasteiger partial charge is 1.00 e. The van der Waals surface area contributed by atoms with Gasteiger partial charge in [0.1, 0.15) is 0 Å². The van der Waals surface area contributed by atoms with E-state index in [1.54, 1.807) is 0 Å². The summed E-state index contributed by atoms with van der Waals surface area (Å²) in [6.07, 6.45) is 2.56. The van der Waals surface area contributed by atoms with Crippen LogP contribution in [0.25, 0.3) is 48.8 Å². The molecule has 0 aromatic heterocycles. The van der Waals surface area contributed by atoms with Crippen molar-refractivity contribution in [2.24, 2.45) is 10.3 Å². The van der Waals surface area contributed by atoms with Crippen LogP contribution in [-0.4, -0.2) is 68.6 Å². The van der Waals surface area contributed by atoms with Gasteiger partial charge in [0.25, 0.3) is 0 Å². The van der Waals surface area contributed by atoms with E-state index in [4.69, 9.17) is 4.74 Å². The molecular weight excluding hydrogens is 1220 g/mol. The van der Waals surface area contributed by atoms with E-state index in [9.17, 15) is 0 Å². The number of hydrogen-bond acceptors (Lipinski definition) is 7. The number of hydrogen-bond donors (Lipinski definition) is 4. The van der Waals surface area contributed by atoms with Crippen LogP contribution in [0, 0.1) is 0 Å². The van der Waals surface area contributed by atoms with E-state index in [1.165, 1.54) is 12.8 Å². The first-order valence-corrected chi connectivity index (χ1v) is 22.0. The maximum absolute atomic E-state index is 4.94. The number of ether oxygens (including phenoxy) is 1. The molecule has 0 aliphatic carbocycles. The van der Waals surface area contributed by atoms with Crippen molar-refractivity contribution in [3.8, 4) is 0 Å². The maximum atomic E-state index is 4.94. The van der Waals surface area contributed by atoms with E-state index in [2.05, 4.69) is 94.5 Å². The minimum absolute atomic E-state index is 0. The van der Waals surface area contributed by atoms with Crippen molar-refractivity contribution < 1.29 is 113 Å². The third kappa shape index (κ3) is 134. The van der Waals surface area contributed by atoms with Crippen molar-refractivity contribution in [3.05, 3.63) is 62.0 Å². The molecule has 0 spiro atoms. The Balaban J connectivity index is -0.0000000615. The minimum Gasteiger partial charge on any atom is -0.612 e. The van der Waals surface area contributed by atoms with Crippen LogP contribution in [0.2, 0.25) is 0 Å². The molecule has 1 fully saturated rings. The molecule has 0 amide bonds. The Morgan fingerprint density at radius 3 is 0.582 bits per heavy atom. The maximum Gasteiger partial charge on any atom is 1.00 e. The summed E-state index contributed by atoms with van der Waals surface area (Å²) in [6.45, 7) is 68.6. The molecule has 0 unspecified atom stereocenters. The standard InChI is InChI=1S/4C8H19N3.C8H18N3.C4H8O.C2H4.4Ag.Li/c5*1-7(2,3)9-11-10-8(4,5)6;1-2-4-5-3-1;1-2;;;;;/h4*11H,1-6H3;1-6H3;1-4H2;1-2H2;;;;;/q4*-2;-1;;;;;;;+1. The third-order valence-corrected chi connectivity index (χ3v) is 4.60. The minimum atomic E-state index is -0.116. The summed E-state index contributed by atoms with van der Waals surface area (Å²) in [7, 11) is 0. The average Bonchev–Trinajstić information content (AvgIpc) is 3.53. The van der Waals surface area contributed by atoms with E-state index in [0.717, 1.165) is 13.2 Å². The molecule has 0 aromatic rings. The van der Waals surface area contributed by atoms with Crippen LogP contribution >= 0.6 is 0 Å². The normalized spacial score (nSPS) is 13.1. The summed E-state index contributed by atoms with van der Waals surface area (Å²) < 4.78 is 4.94. The van der Waals surface area contributed by atoms with E-state index in [0.29, 0.717) is 0 Å². The molecule has 0 bridgehead atoms. The zero-order chi connectivity index (χ0) is 51.1. The fourth-order valence-electron chi connectivity index (χ4n) is 2.10. The first kappa shape index (κ1) is 95.0. The summed E-state index contributed by atoms with van der Waals surface area (Å²) in [5.41, 5.74) is 47.1. The Bertz CT molecular complexity index is 873. The van der Waals surface area contributed by atoms with Gasteiger partial charge in [0, 0.05) is 103 Å². The number of rotatable bonds is 9. The van der Waals surface area contributed by atoms with Gasteiger partial charge in [0.05, 0.1) is 0 Å². The van der Waals surface area contributed by atoms with Crippen molar-refractivity contribution in [2.45, 2.75) is 276 Å². The van der Waals surface area contributed by atoms with Gasteiger partial charge in [-0.05, 0) is 23.9 Å². The van der Waals surface area contributed by atoms with E-state index in [1.807, 2.05) is 208 Å². The summed E-state index contributed by atoms with van der Waals surface area (Å²) in [5.74, 6) is 0. The monoisotopic (exact) mass is 1320 g/mol.